The van der Waals surface area contributed by atoms with E-state index in [1.807, 2.05) is 13.0 Å². The first-order valence-electron chi connectivity index (χ1n) is 4.06. The van der Waals surface area contributed by atoms with Crippen LogP contribution >= 0.6 is 15.9 Å². The number of rotatable bonds is 3. The van der Waals surface area contributed by atoms with Crippen molar-refractivity contribution < 1.29 is 9.53 Å². The quantitative estimate of drug-likeness (QED) is 0.840. The highest BCUT2D eigenvalue weighted by atomic mass is 79.9. The summed E-state index contributed by atoms with van der Waals surface area (Å²) in [6, 6.07) is 1.92. The first-order valence-corrected chi connectivity index (χ1v) is 4.85. The first kappa shape index (κ1) is 11.0. The van der Waals surface area contributed by atoms with E-state index in [1.54, 1.807) is 6.20 Å². The molecule has 0 fully saturated rings. The number of methoxy groups -OCH3 is 1. The number of aryl methyl sites for hydroxylation is 1. The number of hydrogen-bond acceptors (Lipinski definition) is 4. The van der Waals surface area contributed by atoms with Crippen LogP contribution in [0.2, 0.25) is 0 Å². The third-order valence-corrected chi connectivity index (χ3v) is 2.11. The normalized spacial score (nSPS) is 9.64. The van der Waals surface area contributed by atoms with Crippen LogP contribution in [0.5, 0.6) is 0 Å². The second kappa shape index (κ2) is 4.95. The Morgan fingerprint density at radius 1 is 1.71 bits per heavy atom. The molecule has 0 amide bonds. The number of nitrogens with zero attached hydrogens (tertiary/aromatic N) is 1. The molecule has 1 N–H and O–H groups in total. The third-order valence-electron chi connectivity index (χ3n) is 1.67. The standard InChI is InChI=1S/C9H11BrN2O2/c1-6-3-7(10)4-11-9(6)12-5-8(13)14-2/h3-4H,5H2,1-2H3,(H,11,12). The van der Waals surface area contributed by atoms with E-state index in [1.165, 1.54) is 7.11 Å². The van der Waals surface area contributed by atoms with Gasteiger partial charge in [0.15, 0.2) is 0 Å². The molecule has 0 saturated carbocycles. The van der Waals surface area contributed by atoms with Gasteiger partial charge in [-0.3, -0.25) is 4.79 Å². The predicted octanol–water partition coefficient (Wildman–Crippen LogP) is 1.74. The van der Waals surface area contributed by atoms with E-state index >= 15 is 0 Å². The molecule has 1 heterocycles. The summed E-state index contributed by atoms with van der Waals surface area (Å²) >= 11 is 3.31. The van der Waals surface area contributed by atoms with Crippen LogP contribution in [0.1, 0.15) is 5.56 Å². The molecule has 0 aliphatic carbocycles. The largest absolute Gasteiger partial charge is 0.468 e. The van der Waals surface area contributed by atoms with Crippen LogP contribution in [0.25, 0.3) is 0 Å². The lowest BCUT2D eigenvalue weighted by molar-refractivity contribution is -0.138. The van der Waals surface area contributed by atoms with E-state index in [9.17, 15) is 4.79 Å². The zero-order valence-corrected chi connectivity index (χ0v) is 9.59. The molecule has 0 bridgehead atoms. The smallest absolute Gasteiger partial charge is 0.325 e. The summed E-state index contributed by atoms with van der Waals surface area (Å²) in [6.45, 7) is 2.04. The van der Waals surface area contributed by atoms with Crippen LogP contribution in [0.4, 0.5) is 5.82 Å². The van der Waals surface area contributed by atoms with Crippen molar-refractivity contribution in [2.24, 2.45) is 0 Å². The zero-order valence-electron chi connectivity index (χ0n) is 8.00. The van der Waals surface area contributed by atoms with Crippen molar-refractivity contribution in [2.75, 3.05) is 19.0 Å². The highest BCUT2D eigenvalue weighted by molar-refractivity contribution is 9.10. The van der Waals surface area contributed by atoms with E-state index in [-0.39, 0.29) is 12.5 Å². The van der Waals surface area contributed by atoms with Gasteiger partial charge in [0.1, 0.15) is 12.4 Å². The number of nitrogens with one attached hydrogen (secondary N) is 1. The highest BCUT2D eigenvalue weighted by Crippen LogP contribution is 2.16. The van der Waals surface area contributed by atoms with Crippen molar-refractivity contribution in [3.05, 3.63) is 22.3 Å². The summed E-state index contributed by atoms with van der Waals surface area (Å²) in [6.07, 6.45) is 1.67. The summed E-state index contributed by atoms with van der Waals surface area (Å²) in [5.41, 5.74) is 0.975. The van der Waals surface area contributed by atoms with Gasteiger partial charge < -0.3 is 10.1 Å². The van der Waals surface area contributed by atoms with Gasteiger partial charge in [-0.1, -0.05) is 0 Å². The molecular weight excluding hydrogens is 248 g/mol. The molecule has 0 spiro atoms. The maximum Gasteiger partial charge on any atom is 0.325 e. The van der Waals surface area contributed by atoms with Gasteiger partial charge in [0.05, 0.1) is 7.11 Å². The molecule has 5 heteroatoms. The minimum absolute atomic E-state index is 0.131. The average molecular weight is 259 g/mol. The van der Waals surface area contributed by atoms with Crippen LogP contribution < -0.4 is 5.32 Å². The SMILES string of the molecule is COC(=O)CNc1ncc(Br)cc1C. The Balaban J connectivity index is 2.63. The monoisotopic (exact) mass is 258 g/mol. The molecule has 0 aliphatic heterocycles. The molecule has 0 aliphatic rings. The predicted molar refractivity (Wildman–Crippen MR) is 57.2 cm³/mol. The summed E-state index contributed by atoms with van der Waals surface area (Å²) in [5.74, 6) is 0.382. The Hall–Kier alpha value is -1.10. The Morgan fingerprint density at radius 3 is 3.00 bits per heavy atom. The molecule has 0 radical (unpaired) electrons. The van der Waals surface area contributed by atoms with E-state index in [0.29, 0.717) is 5.82 Å². The summed E-state index contributed by atoms with van der Waals surface area (Å²) < 4.78 is 5.41. The second-order valence-corrected chi connectivity index (χ2v) is 3.66. The van der Waals surface area contributed by atoms with Crippen molar-refractivity contribution in [1.82, 2.24) is 4.98 Å². The van der Waals surface area contributed by atoms with E-state index in [4.69, 9.17) is 0 Å². The molecule has 14 heavy (non-hydrogen) atoms. The average Bonchev–Trinajstić information content (AvgIpc) is 2.16. The molecule has 76 valence electrons. The van der Waals surface area contributed by atoms with E-state index in [0.717, 1.165) is 10.0 Å². The summed E-state index contributed by atoms with van der Waals surface area (Å²) in [7, 11) is 1.35. The molecule has 1 aromatic heterocycles. The Morgan fingerprint density at radius 2 is 2.43 bits per heavy atom. The third kappa shape index (κ3) is 2.99. The van der Waals surface area contributed by atoms with Gasteiger partial charge in [0.2, 0.25) is 0 Å². The number of hydrogen-bond donors (Lipinski definition) is 1. The molecule has 4 nitrogen and oxygen atoms in total. The number of carbonyl (C=O) groups is 1. The number of aromatic nitrogens is 1. The number of ether oxygens (including phenoxy) is 1. The number of anilines is 1. The molecular formula is C9H11BrN2O2. The summed E-state index contributed by atoms with van der Waals surface area (Å²) in [4.78, 5) is 15.0. The topological polar surface area (TPSA) is 51.2 Å². The van der Waals surface area contributed by atoms with Gasteiger partial charge in [0.25, 0.3) is 0 Å². The van der Waals surface area contributed by atoms with Gasteiger partial charge in [-0.25, -0.2) is 4.98 Å². The zero-order chi connectivity index (χ0) is 10.6. The van der Waals surface area contributed by atoms with Crippen molar-refractivity contribution >= 4 is 27.7 Å². The molecule has 0 unspecified atom stereocenters. The minimum Gasteiger partial charge on any atom is -0.468 e. The maximum absolute atomic E-state index is 10.8. The Bertz CT molecular complexity index is 342. The van der Waals surface area contributed by atoms with Gasteiger partial charge in [0, 0.05) is 10.7 Å². The second-order valence-electron chi connectivity index (χ2n) is 2.75. The molecule has 1 rings (SSSR count). The van der Waals surface area contributed by atoms with Crippen molar-refractivity contribution in [2.45, 2.75) is 6.92 Å². The lowest BCUT2D eigenvalue weighted by atomic mass is 10.3. The van der Waals surface area contributed by atoms with Crippen molar-refractivity contribution in [1.29, 1.82) is 0 Å². The van der Waals surface area contributed by atoms with Gasteiger partial charge >= 0.3 is 5.97 Å². The fourth-order valence-corrected chi connectivity index (χ4v) is 1.40. The fourth-order valence-electron chi connectivity index (χ4n) is 0.954. The first-order chi connectivity index (χ1) is 6.63. The van der Waals surface area contributed by atoms with Gasteiger partial charge in [-0.15, -0.1) is 0 Å². The number of halogens is 1. The van der Waals surface area contributed by atoms with Crippen molar-refractivity contribution in [3.8, 4) is 0 Å². The number of pyridine rings is 1. The van der Waals surface area contributed by atoms with Crippen LogP contribution in [-0.2, 0) is 9.53 Å². The lowest BCUT2D eigenvalue weighted by Crippen LogP contribution is -2.16. The summed E-state index contributed by atoms with van der Waals surface area (Å²) in [5, 5.41) is 2.88. The molecule has 0 saturated heterocycles. The van der Waals surface area contributed by atoms with Gasteiger partial charge in [-0.2, -0.15) is 0 Å². The fraction of sp³-hybridized carbons (Fsp3) is 0.333. The van der Waals surface area contributed by atoms with Crippen LogP contribution in [-0.4, -0.2) is 24.6 Å². The maximum atomic E-state index is 10.8. The van der Waals surface area contributed by atoms with Crippen LogP contribution in [0.3, 0.4) is 0 Å². The molecule has 0 aromatic carbocycles. The Labute approximate surface area is 90.8 Å². The van der Waals surface area contributed by atoms with E-state index < -0.39 is 0 Å². The van der Waals surface area contributed by atoms with Crippen LogP contribution in [0, 0.1) is 6.92 Å². The Kier molecular flexibility index (Phi) is 3.88. The number of esters is 1. The lowest BCUT2D eigenvalue weighted by Gasteiger charge is -2.06. The minimum atomic E-state index is -0.311. The van der Waals surface area contributed by atoms with E-state index in [2.05, 4.69) is 31.0 Å². The highest BCUT2D eigenvalue weighted by Gasteiger charge is 2.03. The van der Waals surface area contributed by atoms with Gasteiger partial charge in [-0.05, 0) is 34.5 Å². The number of carbonyl (C=O) groups excluding carboxylic acids is 1. The molecule has 1 aromatic rings. The molecule has 0 atom stereocenters. The van der Waals surface area contributed by atoms with Crippen LogP contribution in [0.15, 0.2) is 16.7 Å². The van der Waals surface area contributed by atoms with Crippen molar-refractivity contribution in [3.63, 3.8) is 0 Å².